The van der Waals surface area contributed by atoms with Gasteiger partial charge in [-0.25, -0.2) is 0 Å². The van der Waals surface area contributed by atoms with Crippen LogP contribution in [0.3, 0.4) is 0 Å². The molecular formula is C30H37Cl2N2O4+. The summed E-state index contributed by atoms with van der Waals surface area (Å²) in [6.07, 6.45) is 5.57. The van der Waals surface area contributed by atoms with E-state index in [1.54, 1.807) is 18.2 Å². The Kier molecular flexibility index (Phi) is 7.44. The van der Waals surface area contributed by atoms with Crippen molar-refractivity contribution < 1.29 is 23.9 Å². The Labute approximate surface area is 234 Å². The molecule has 2 N–H and O–H groups in total. The van der Waals surface area contributed by atoms with Crippen molar-refractivity contribution in [1.29, 1.82) is 0 Å². The van der Waals surface area contributed by atoms with Gasteiger partial charge in [0.1, 0.15) is 12.3 Å². The van der Waals surface area contributed by atoms with Crippen molar-refractivity contribution in [3.8, 4) is 5.75 Å². The lowest BCUT2D eigenvalue weighted by atomic mass is 9.54. The minimum atomic E-state index is -0.709. The van der Waals surface area contributed by atoms with E-state index >= 15 is 0 Å². The van der Waals surface area contributed by atoms with Crippen LogP contribution in [0, 0.1) is 5.92 Å². The molecule has 2 aromatic rings. The highest BCUT2D eigenvalue weighted by atomic mass is 35.5. The average molecular weight is 561 g/mol. The first kappa shape index (κ1) is 27.3. The quantitative estimate of drug-likeness (QED) is 0.351. The largest absolute Gasteiger partial charge is 0.508 e. The van der Waals surface area contributed by atoms with Crippen molar-refractivity contribution in [3.05, 3.63) is 63.6 Å². The predicted octanol–water partition coefficient (Wildman–Crippen LogP) is 5.41. The highest BCUT2D eigenvalue weighted by molar-refractivity contribution is 6.42. The number of likely N-dealkylation sites (N-methyl/N-ethyl adjacent to an activating group) is 1. The van der Waals surface area contributed by atoms with E-state index in [1.165, 1.54) is 19.8 Å². The first-order valence-corrected chi connectivity index (χ1v) is 14.3. The van der Waals surface area contributed by atoms with Gasteiger partial charge in [-0.2, -0.15) is 0 Å². The van der Waals surface area contributed by atoms with Crippen LogP contribution in [0.2, 0.25) is 10.0 Å². The molecule has 0 spiro atoms. The van der Waals surface area contributed by atoms with Gasteiger partial charge in [0.15, 0.2) is 5.60 Å². The number of rotatable bonds is 7. The molecule has 204 valence electrons. The normalized spacial score (nSPS) is 30.8. The number of phenols is 1. The van der Waals surface area contributed by atoms with Gasteiger partial charge in [0.05, 0.1) is 36.6 Å². The zero-order valence-corrected chi connectivity index (χ0v) is 23.7. The van der Waals surface area contributed by atoms with Gasteiger partial charge in [0, 0.05) is 30.7 Å². The summed E-state index contributed by atoms with van der Waals surface area (Å²) < 4.78 is 7.26. The van der Waals surface area contributed by atoms with Crippen LogP contribution >= 0.6 is 23.2 Å². The molecule has 8 heteroatoms. The third kappa shape index (κ3) is 5.54. The van der Waals surface area contributed by atoms with E-state index in [0.29, 0.717) is 29.3 Å². The summed E-state index contributed by atoms with van der Waals surface area (Å²) in [6.45, 7) is 4.29. The van der Waals surface area contributed by atoms with Crippen molar-refractivity contribution in [2.45, 2.75) is 68.9 Å². The van der Waals surface area contributed by atoms with Crippen molar-refractivity contribution in [2.75, 3.05) is 26.7 Å². The number of benzene rings is 2. The standard InChI is InChI=1S/C30H36Cl2N2O4/c1-20(35)38-30-11-10-24(33-28(37)15-22-8-9-26(31)27(32)14-22)17-29(30,23-4-3-5-25(36)16-23)12-13-34(2,19-30)18-21-6-7-21/h3-5,8-9,14,16,21,24H,6-7,10-13,15,17-19H2,1-2H3,(H-,33,36,37)/p+1/t24-,29-,30?,34+/m0/s1. The number of likely N-dealkylation sites (tertiary alicyclic amines) is 1. The molecular weight excluding hydrogens is 523 g/mol. The maximum Gasteiger partial charge on any atom is 0.303 e. The van der Waals surface area contributed by atoms with Crippen molar-refractivity contribution in [1.82, 2.24) is 5.32 Å². The number of ether oxygens (including phenoxy) is 1. The van der Waals surface area contributed by atoms with E-state index in [-0.39, 0.29) is 30.1 Å². The van der Waals surface area contributed by atoms with Gasteiger partial charge in [-0.3, -0.25) is 9.59 Å². The fourth-order valence-corrected chi connectivity index (χ4v) is 7.49. The number of hydrogen-bond acceptors (Lipinski definition) is 4. The highest BCUT2D eigenvalue weighted by Crippen LogP contribution is 2.55. The topological polar surface area (TPSA) is 75.6 Å². The Morgan fingerprint density at radius 1 is 1.11 bits per heavy atom. The maximum absolute atomic E-state index is 13.1. The lowest BCUT2D eigenvalue weighted by Gasteiger charge is -2.60. The molecule has 1 unspecified atom stereocenters. The Morgan fingerprint density at radius 2 is 1.89 bits per heavy atom. The molecule has 1 saturated heterocycles. The smallest absolute Gasteiger partial charge is 0.303 e. The Hall–Kier alpha value is -2.28. The summed E-state index contributed by atoms with van der Waals surface area (Å²) in [5.41, 5.74) is 0.549. The average Bonchev–Trinajstić information content (AvgIpc) is 3.65. The summed E-state index contributed by atoms with van der Waals surface area (Å²) in [5, 5.41) is 14.6. The van der Waals surface area contributed by atoms with Crippen molar-refractivity contribution in [2.24, 2.45) is 5.92 Å². The maximum atomic E-state index is 13.1. The number of hydrogen-bond donors (Lipinski definition) is 2. The summed E-state index contributed by atoms with van der Waals surface area (Å²) in [7, 11) is 2.29. The third-order valence-electron chi connectivity index (χ3n) is 8.93. The SMILES string of the molecule is CC(=O)OC12CC[C@H](NC(=O)Cc3ccc(Cl)c(Cl)c3)C[C@]1(c1cccc(O)c1)CC[N@+](C)(CC1CC1)C2. The summed E-state index contributed by atoms with van der Waals surface area (Å²) >= 11 is 12.2. The molecule has 1 heterocycles. The first-order chi connectivity index (χ1) is 18.0. The molecule has 2 aromatic carbocycles. The lowest BCUT2D eigenvalue weighted by Crippen LogP contribution is -2.72. The predicted molar refractivity (Wildman–Crippen MR) is 148 cm³/mol. The molecule has 2 saturated carbocycles. The van der Waals surface area contributed by atoms with Crippen LogP contribution in [-0.2, 0) is 26.2 Å². The van der Waals surface area contributed by atoms with Gasteiger partial charge in [-0.1, -0.05) is 41.4 Å². The molecule has 38 heavy (non-hydrogen) atoms. The summed E-state index contributed by atoms with van der Waals surface area (Å²) in [6, 6.07) is 12.5. The lowest BCUT2D eigenvalue weighted by molar-refractivity contribution is -0.924. The van der Waals surface area contributed by atoms with E-state index in [2.05, 4.69) is 12.4 Å². The molecule has 3 fully saturated rings. The molecule has 1 aliphatic heterocycles. The minimum absolute atomic E-state index is 0.0791. The van der Waals surface area contributed by atoms with Crippen LogP contribution in [0.4, 0.5) is 0 Å². The number of halogens is 2. The Morgan fingerprint density at radius 3 is 2.58 bits per heavy atom. The highest BCUT2D eigenvalue weighted by Gasteiger charge is 2.64. The third-order valence-corrected chi connectivity index (χ3v) is 9.67. The number of nitrogens with one attached hydrogen (secondary N) is 1. The van der Waals surface area contributed by atoms with Gasteiger partial charge in [-0.15, -0.1) is 0 Å². The van der Waals surface area contributed by atoms with Gasteiger partial charge in [0.2, 0.25) is 5.91 Å². The molecule has 1 amide bonds. The van der Waals surface area contributed by atoms with Crippen LogP contribution in [0.15, 0.2) is 42.5 Å². The van der Waals surface area contributed by atoms with Crippen molar-refractivity contribution in [3.63, 3.8) is 0 Å². The van der Waals surface area contributed by atoms with Gasteiger partial charge in [0.25, 0.3) is 0 Å². The second-order valence-corrected chi connectivity index (χ2v) is 12.8. The molecule has 5 rings (SSSR count). The Bertz CT molecular complexity index is 1230. The summed E-state index contributed by atoms with van der Waals surface area (Å²) in [4.78, 5) is 25.7. The minimum Gasteiger partial charge on any atom is -0.508 e. The van der Waals surface area contributed by atoms with Crippen LogP contribution in [0.1, 0.15) is 56.6 Å². The number of amides is 1. The van der Waals surface area contributed by atoms with Crippen LogP contribution < -0.4 is 5.32 Å². The Balaban J connectivity index is 1.44. The number of esters is 1. The first-order valence-electron chi connectivity index (χ1n) is 13.6. The number of nitrogens with zero attached hydrogens (tertiary/aromatic N) is 1. The molecule has 2 aliphatic carbocycles. The second kappa shape index (κ2) is 10.4. The van der Waals surface area contributed by atoms with Gasteiger partial charge >= 0.3 is 5.97 Å². The zero-order valence-electron chi connectivity index (χ0n) is 22.1. The summed E-state index contributed by atoms with van der Waals surface area (Å²) in [5.74, 6) is 0.584. The molecule has 0 radical (unpaired) electrons. The van der Waals surface area contributed by atoms with Crippen LogP contribution in [0.5, 0.6) is 5.75 Å². The fourth-order valence-electron chi connectivity index (χ4n) is 7.17. The fraction of sp³-hybridized carbons (Fsp3) is 0.533. The van der Waals surface area contributed by atoms with Crippen molar-refractivity contribution >= 4 is 35.1 Å². The molecule has 0 aromatic heterocycles. The number of carbonyl (C=O) groups is 2. The van der Waals surface area contributed by atoms with E-state index in [9.17, 15) is 14.7 Å². The van der Waals surface area contributed by atoms with Gasteiger partial charge in [-0.05, 0) is 67.5 Å². The van der Waals surface area contributed by atoms with Gasteiger partial charge < -0.3 is 19.6 Å². The molecule has 3 aliphatic rings. The van der Waals surface area contributed by atoms with E-state index in [4.69, 9.17) is 27.9 Å². The monoisotopic (exact) mass is 559 g/mol. The number of piperidine rings is 1. The van der Waals surface area contributed by atoms with Crippen LogP contribution in [0.25, 0.3) is 0 Å². The van der Waals surface area contributed by atoms with E-state index in [0.717, 1.165) is 47.6 Å². The van der Waals surface area contributed by atoms with E-state index in [1.807, 2.05) is 24.3 Å². The van der Waals surface area contributed by atoms with E-state index < -0.39 is 11.0 Å². The number of quaternary nitrogens is 1. The van der Waals surface area contributed by atoms with Crippen LogP contribution in [-0.4, -0.2) is 59.8 Å². The zero-order chi connectivity index (χ0) is 27.1. The molecule has 6 nitrogen and oxygen atoms in total. The number of phenolic OH excluding ortho intramolecular Hbond substituents is 1. The molecule has 4 atom stereocenters. The number of carbonyl (C=O) groups excluding carboxylic acids is 2. The molecule has 0 bridgehead atoms. The second-order valence-electron chi connectivity index (χ2n) is 12.0. The number of aromatic hydroxyl groups is 1. The number of fused-ring (bicyclic) bond motifs is 1.